The molecule has 0 saturated heterocycles. The molecule has 0 unspecified atom stereocenters. The van der Waals surface area contributed by atoms with Crippen molar-refractivity contribution in [2.45, 2.75) is 13.2 Å². The molecular weight excluding hydrogens is 278 g/mol. The number of carbonyl (C=O) groups is 1. The molecule has 2 rings (SSSR count). The second-order valence-electron chi connectivity index (χ2n) is 4.32. The summed E-state index contributed by atoms with van der Waals surface area (Å²) in [6.07, 6.45) is 0. The standard InChI is InChI=1S/C15H14ClNO3/c16-14-5-4-12(19)7-13(14)15(20)17-8-10-2-1-3-11(6-10)9-18/h1-7,18-19H,8-9H2,(H,17,20). The van der Waals surface area contributed by atoms with Gasteiger partial charge < -0.3 is 15.5 Å². The van der Waals surface area contributed by atoms with Gasteiger partial charge in [-0.25, -0.2) is 0 Å². The zero-order valence-corrected chi connectivity index (χ0v) is 11.4. The molecule has 104 valence electrons. The second kappa shape index (κ2) is 6.41. The van der Waals surface area contributed by atoms with Crippen LogP contribution in [0.1, 0.15) is 21.5 Å². The molecule has 5 heteroatoms. The number of amides is 1. The van der Waals surface area contributed by atoms with E-state index in [2.05, 4.69) is 5.32 Å². The lowest BCUT2D eigenvalue weighted by Gasteiger charge is -2.08. The van der Waals surface area contributed by atoms with Gasteiger partial charge in [0.1, 0.15) is 5.75 Å². The van der Waals surface area contributed by atoms with E-state index < -0.39 is 0 Å². The molecule has 4 nitrogen and oxygen atoms in total. The van der Waals surface area contributed by atoms with Crippen LogP contribution in [0.25, 0.3) is 0 Å². The number of aliphatic hydroxyl groups excluding tert-OH is 1. The van der Waals surface area contributed by atoms with Crippen LogP contribution in [0, 0.1) is 0 Å². The predicted molar refractivity (Wildman–Crippen MR) is 76.7 cm³/mol. The van der Waals surface area contributed by atoms with Crippen molar-refractivity contribution in [1.82, 2.24) is 5.32 Å². The third-order valence-electron chi connectivity index (χ3n) is 2.82. The number of nitrogens with one attached hydrogen (secondary N) is 1. The van der Waals surface area contributed by atoms with Crippen LogP contribution < -0.4 is 5.32 Å². The summed E-state index contributed by atoms with van der Waals surface area (Å²) in [4.78, 5) is 12.0. The molecule has 0 spiro atoms. The summed E-state index contributed by atoms with van der Waals surface area (Å²) in [7, 11) is 0. The molecule has 0 radical (unpaired) electrons. The number of carbonyl (C=O) groups excluding carboxylic acids is 1. The first-order chi connectivity index (χ1) is 9.60. The number of phenols is 1. The van der Waals surface area contributed by atoms with E-state index in [9.17, 15) is 9.90 Å². The Morgan fingerprint density at radius 2 is 1.90 bits per heavy atom. The molecule has 0 fully saturated rings. The monoisotopic (exact) mass is 291 g/mol. The summed E-state index contributed by atoms with van der Waals surface area (Å²) in [5, 5.41) is 21.4. The molecule has 2 aromatic rings. The van der Waals surface area contributed by atoms with E-state index in [1.54, 1.807) is 6.07 Å². The van der Waals surface area contributed by atoms with Crippen LogP contribution >= 0.6 is 11.6 Å². The summed E-state index contributed by atoms with van der Waals surface area (Å²) in [6, 6.07) is 11.5. The Balaban J connectivity index is 2.06. The van der Waals surface area contributed by atoms with Crippen molar-refractivity contribution in [2.75, 3.05) is 0 Å². The molecule has 0 aliphatic rings. The third kappa shape index (κ3) is 3.50. The van der Waals surface area contributed by atoms with Crippen LogP contribution in [0.15, 0.2) is 42.5 Å². The Hall–Kier alpha value is -2.04. The Morgan fingerprint density at radius 1 is 1.15 bits per heavy atom. The van der Waals surface area contributed by atoms with Crippen molar-refractivity contribution in [2.24, 2.45) is 0 Å². The first kappa shape index (κ1) is 14.4. The molecule has 0 heterocycles. The zero-order valence-electron chi connectivity index (χ0n) is 10.6. The van der Waals surface area contributed by atoms with Crippen LogP contribution in [0.2, 0.25) is 5.02 Å². The molecule has 20 heavy (non-hydrogen) atoms. The van der Waals surface area contributed by atoms with E-state index in [0.29, 0.717) is 6.54 Å². The van der Waals surface area contributed by atoms with Gasteiger partial charge in [0.2, 0.25) is 0 Å². The van der Waals surface area contributed by atoms with E-state index in [4.69, 9.17) is 16.7 Å². The molecule has 3 N–H and O–H groups in total. The fraction of sp³-hybridized carbons (Fsp3) is 0.133. The molecule has 0 saturated carbocycles. The SMILES string of the molecule is O=C(NCc1cccc(CO)c1)c1cc(O)ccc1Cl. The van der Waals surface area contributed by atoms with Gasteiger partial charge in [-0.05, 0) is 29.3 Å². The summed E-state index contributed by atoms with van der Waals surface area (Å²) in [6.45, 7) is 0.277. The van der Waals surface area contributed by atoms with Crippen molar-refractivity contribution in [3.05, 3.63) is 64.2 Å². The number of hydrogen-bond acceptors (Lipinski definition) is 3. The maximum absolute atomic E-state index is 12.0. The molecule has 0 aliphatic carbocycles. The van der Waals surface area contributed by atoms with Crippen molar-refractivity contribution in [3.8, 4) is 5.75 Å². The summed E-state index contributed by atoms with van der Waals surface area (Å²) >= 11 is 5.92. The van der Waals surface area contributed by atoms with Crippen LogP contribution in [-0.4, -0.2) is 16.1 Å². The molecule has 2 aromatic carbocycles. The molecule has 0 aromatic heterocycles. The normalized spacial score (nSPS) is 10.3. The summed E-state index contributed by atoms with van der Waals surface area (Å²) < 4.78 is 0. The van der Waals surface area contributed by atoms with E-state index in [1.165, 1.54) is 18.2 Å². The number of phenolic OH excluding ortho intramolecular Hbond substituents is 1. The van der Waals surface area contributed by atoms with Crippen LogP contribution in [0.4, 0.5) is 0 Å². The van der Waals surface area contributed by atoms with Gasteiger partial charge in [0, 0.05) is 6.54 Å². The van der Waals surface area contributed by atoms with Gasteiger partial charge >= 0.3 is 0 Å². The molecular formula is C15H14ClNO3. The quantitative estimate of drug-likeness (QED) is 0.810. The molecule has 1 amide bonds. The van der Waals surface area contributed by atoms with Gasteiger partial charge in [-0.3, -0.25) is 4.79 Å². The van der Waals surface area contributed by atoms with Gasteiger partial charge in [-0.2, -0.15) is 0 Å². The third-order valence-corrected chi connectivity index (χ3v) is 3.15. The summed E-state index contributed by atoms with van der Waals surface area (Å²) in [5.74, 6) is -0.373. The Kier molecular flexibility index (Phi) is 4.61. The fourth-order valence-electron chi connectivity index (χ4n) is 1.80. The minimum Gasteiger partial charge on any atom is -0.508 e. The van der Waals surface area contributed by atoms with E-state index in [-0.39, 0.29) is 28.8 Å². The lowest BCUT2D eigenvalue weighted by atomic mass is 10.1. The summed E-state index contributed by atoms with van der Waals surface area (Å²) in [5.41, 5.74) is 1.89. The van der Waals surface area contributed by atoms with Crippen molar-refractivity contribution < 1.29 is 15.0 Å². The largest absolute Gasteiger partial charge is 0.508 e. The average Bonchev–Trinajstić information content (AvgIpc) is 2.47. The van der Waals surface area contributed by atoms with Crippen molar-refractivity contribution in [3.63, 3.8) is 0 Å². The molecule has 0 aliphatic heterocycles. The zero-order chi connectivity index (χ0) is 14.5. The van der Waals surface area contributed by atoms with Gasteiger partial charge in [0.15, 0.2) is 0 Å². The van der Waals surface area contributed by atoms with Crippen molar-refractivity contribution >= 4 is 17.5 Å². The highest BCUT2D eigenvalue weighted by molar-refractivity contribution is 6.33. The van der Waals surface area contributed by atoms with E-state index >= 15 is 0 Å². The minimum atomic E-state index is -0.361. The highest BCUT2D eigenvalue weighted by Crippen LogP contribution is 2.21. The number of halogens is 1. The number of benzene rings is 2. The lowest BCUT2D eigenvalue weighted by molar-refractivity contribution is 0.0950. The Morgan fingerprint density at radius 3 is 2.65 bits per heavy atom. The second-order valence-corrected chi connectivity index (χ2v) is 4.73. The highest BCUT2D eigenvalue weighted by Gasteiger charge is 2.10. The van der Waals surface area contributed by atoms with Crippen LogP contribution in [0.5, 0.6) is 5.75 Å². The average molecular weight is 292 g/mol. The van der Waals surface area contributed by atoms with Gasteiger partial charge in [0.25, 0.3) is 5.91 Å². The number of aromatic hydroxyl groups is 1. The topological polar surface area (TPSA) is 69.6 Å². The van der Waals surface area contributed by atoms with E-state index in [1.807, 2.05) is 18.2 Å². The first-order valence-corrected chi connectivity index (χ1v) is 6.43. The smallest absolute Gasteiger partial charge is 0.253 e. The maximum Gasteiger partial charge on any atom is 0.253 e. The highest BCUT2D eigenvalue weighted by atomic mass is 35.5. The first-order valence-electron chi connectivity index (χ1n) is 6.05. The molecule has 0 bridgehead atoms. The van der Waals surface area contributed by atoms with Crippen LogP contribution in [0.3, 0.4) is 0 Å². The molecule has 0 atom stereocenters. The van der Waals surface area contributed by atoms with Gasteiger partial charge in [0.05, 0.1) is 17.2 Å². The van der Waals surface area contributed by atoms with Gasteiger partial charge in [-0.1, -0.05) is 35.9 Å². The number of rotatable bonds is 4. The minimum absolute atomic E-state index is 0.0122. The van der Waals surface area contributed by atoms with E-state index in [0.717, 1.165) is 11.1 Å². The van der Waals surface area contributed by atoms with Crippen LogP contribution in [-0.2, 0) is 13.2 Å². The number of hydrogen-bond donors (Lipinski definition) is 3. The Labute approximate surface area is 121 Å². The van der Waals surface area contributed by atoms with Crippen molar-refractivity contribution in [1.29, 1.82) is 0 Å². The van der Waals surface area contributed by atoms with Gasteiger partial charge in [-0.15, -0.1) is 0 Å². The predicted octanol–water partition coefficient (Wildman–Crippen LogP) is 2.47. The Bertz CT molecular complexity index is 628. The number of aliphatic hydroxyl groups is 1. The fourth-order valence-corrected chi connectivity index (χ4v) is 2.01. The lowest BCUT2D eigenvalue weighted by Crippen LogP contribution is -2.23. The maximum atomic E-state index is 12.0.